The van der Waals surface area contributed by atoms with Crippen LogP contribution in [0.2, 0.25) is 0 Å². The van der Waals surface area contributed by atoms with Gasteiger partial charge in [-0.15, -0.1) is 0 Å². The van der Waals surface area contributed by atoms with Gasteiger partial charge >= 0.3 is 0 Å². The first kappa shape index (κ1) is 11.2. The van der Waals surface area contributed by atoms with Gasteiger partial charge < -0.3 is 5.73 Å². The maximum Gasteiger partial charge on any atom is 0.0547 e. The predicted octanol–water partition coefficient (Wildman–Crippen LogP) is 1.91. The number of aromatic nitrogens is 1. The number of hydrogen-bond acceptors (Lipinski definition) is 3. The largest absolute Gasteiger partial charge is 0.325 e. The first-order valence-corrected chi connectivity index (χ1v) is 6.74. The summed E-state index contributed by atoms with van der Waals surface area (Å²) in [5.41, 5.74) is 7.82. The minimum absolute atomic E-state index is 0.542. The highest BCUT2D eigenvalue weighted by molar-refractivity contribution is 5.11. The normalized spacial score (nSPS) is 19.9. The van der Waals surface area contributed by atoms with Crippen molar-refractivity contribution in [2.75, 3.05) is 6.54 Å². The van der Waals surface area contributed by atoms with Gasteiger partial charge in [0.05, 0.1) is 11.4 Å². The highest BCUT2D eigenvalue weighted by Crippen LogP contribution is 2.35. The molecule has 3 heteroatoms. The van der Waals surface area contributed by atoms with E-state index in [0.717, 1.165) is 24.2 Å². The lowest BCUT2D eigenvalue weighted by atomic mass is 10.2. The number of nitrogens with two attached hydrogens (primary N) is 1. The average molecular weight is 231 g/mol. The van der Waals surface area contributed by atoms with E-state index in [1.807, 2.05) is 6.07 Å². The van der Waals surface area contributed by atoms with Crippen molar-refractivity contribution >= 4 is 0 Å². The minimum atomic E-state index is 0.542. The number of nitrogens with zero attached hydrogens (tertiary/aromatic N) is 2. The van der Waals surface area contributed by atoms with E-state index in [2.05, 4.69) is 22.0 Å². The molecule has 17 heavy (non-hydrogen) atoms. The van der Waals surface area contributed by atoms with Gasteiger partial charge in [0, 0.05) is 25.7 Å². The second-order valence-corrected chi connectivity index (χ2v) is 5.43. The third kappa shape index (κ3) is 3.05. The summed E-state index contributed by atoms with van der Waals surface area (Å²) < 4.78 is 0. The lowest BCUT2D eigenvalue weighted by Crippen LogP contribution is -2.28. The van der Waals surface area contributed by atoms with Crippen LogP contribution in [-0.2, 0) is 13.1 Å². The first-order valence-electron chi connectivity index (χ1n) is 6.74. The Morgan fingerprint density at radius 2 is 1.94 bits per heavy atom. The topological polar surface area (TPSA) is 42.1 Å². The van der Waals surface area contributed by atoms with Crippen LogP contribution in [0.3, 0.4) is 0 Å². The molecule has 1 aromatic heterocycles. The van der Waals surface area contributed by atoms with Crippen molar-refractivity contribution in [3.8, 4) is 0 Å². The third-order valence-corrected chi connectivity index (χ3v) is 3.69. The van der Waals surface area contributed by atoms with Gasteiger partial charge in [0.25, 0.3) is 0 Å². The summed E-state index contributed by atoms with van der Waals surface area (Å²) in [7, 11) is 0. The Hall–Kier alpha value is -0.930. The van der Waals surface area contributed by atoms with Gasteiger partial charge in [0.1, 0.15) is 0 Å². The van der Waals surface area contributed by atoms with Crippen LogP contribution in [0.5, 0.6) is 0 Å². The molecule has 0 unspecified atom stereocenters. The van der Waals surface area contributed by atoms with E-state index in [9.17, 15) is 0 Å². The number of pyridine rings is 1. The molecule has 2 aliphatic rings. The average Bonchev–Trinajstić information content (AvgIpc) is 3.21. The quantitative estimate of drug-likeness (QED) is 0.813. The SMILES string of the molecule is NCc1cccc(CN(CC2CC2)C2CC2)n1. The Bertz CT molecular complexity index is 383. The summed E-state index contributed by atoms with van der Waals surface area (Å²) in [6.07, 6.45) is 5.62. The standard InChI is InChI=1S/C14H21N3/c15-8-12-2-1-3-13(16-12)10-17(14-6-7-14)9-11-4-5-11/h1-3,11,14H,4-10,15H2. The predicted molar refractivity (Wildman–Crippen MR) is 68.3 cm³/mol. The van der Waals surface area contributed by atoms with E-state index < -0.39 is 0 Å². The summed E-state index contributed by atoms with van der Waals surface area (Å²) in [6, 6.07) is 7.04. The molecule has 0 aromatic carbocycles. The Morgan fingerprint density at radius 1 is 1.18 bits per heavy atom. The second kappa shape index (κ2) is 4.75. The van der Waals surface area contributed by atoms with Crippen LogP contribution >= 0.6 is 0 Å². The molecule has 0 spiro atoms. The van der Waals surface area contributed by atoms with Crippen molar-refractivity contribution in [2.45, 2.75) is 44.8 Å². The molecule has 0 saturated heterocycles. The zero-order valence-corrected chi connectivity index (χ0v) is 10.3. The highest BCUT2D eigenvalue weighted by atomic mass is 15.2. The summed E-state index contributed by atoms with van der Waals surface area (Å²) in [5.74, 6) is 0.966. The molecular formula is C14H21N3. The molecule has 0 atom stereocenters. The molecule has 1 heterocycles. The highest BCUT2D eigenvalue weighted by Gasteiger charge is 2.33. The molecule has 92 valence electrons. The van der Waals surface area contributed by atoms with Gasteiger partial charge in [0.2, 0.25) is 0 Å². The van der Waals surface area contributed by atoms with Gasteiger partial charge in [-0.2, -0.15) is 0 Å². The number of rotatable bonds is 6. The monoisotopic (exact) mass is 231 g/mol. The Kier molecular flexibility index (Phi) is 3.12. The molecule has 0 aliphatic heterocycles. The smallest absolute Gasteiger partial charge is 0.0547 e. The van der Waals surface area contributed by atoms with Crippen LogP contribution in [0.4, 0.5) is 0 Å². The molecule has 2 N–H and O–H groups in total. The van der Waals surface area contributed by atoms with E-state index >= 15 is 0 Å². The van der Waals surface area contributed by atoms with Gasteiger partial charge in [-0.05, 0) is 43.7 Å². The van der Waals surface area contributed by atoms with Crippen molar-refractivity contribution in [1.29, 1.82) is 0 Å². The lowest BCUT2D eigenvalue weighted by Gasteiger charge is -2.21. The summed E-state index contributed by atoms with van der Waals surface area (Å²) in [5, 5.41) is 0. The molecule has 0 radical (unpaired) electrons. The molecule has 0 amide bonds. The molecule has 3 nitrogen and oxygen atoms in total. The van der Waals surface area contributed by atoms with Crippen LogP contribution in [0.1, 0.15) is 37.1 Å². The van der Waals surface area contributed by atoms with E-state index in [4.69, 9.17) is 5.73 Å². The summed E-state index contributed by atoms with van der Waals surface area (Å²) in [4.78, 5) is 7.23. The van der Waals surface area contributed by atoms with Crippen LogP contribution in [0, 0.1) is 5.92 Å². The fourth-order valence-corrected chi connectivity index (χ4v) is 2.35. The Morgan fingerprint density at radius 3 is 2.59 bits per heavy atom. The Balaban J connectivity index is 1.65. The van der Waals surface area contributed by atoms with Crippen molar-refractivity contribution in [1.82, 2.24) is 9.88 Å². The first-order chi connectivity index (χ1) is 8.35. The van der Waals surface area contributed by atoms with Crippen molar-refractivity contribution in [3.05, 3.63) is 29.6 Å². The van der Waals surface area contributed by atoms with Crippen LogP contribution < -0.4 is 5.73 Å². The Labute approximate surface area is 103 Å². The van der Waals surface area contributed by atoms with E-state index in [1.165, 1.54) is 37.9 Å². The fourth-order valence-electron chi connectivity index (χ4n) is 2.35. The van der Waals surface area contributed by atoms with E-state index in [-0.39, 0.29) is 0 Å². The van der Waals surface area contributed by atoms with Crippen molar-refractivity contribution in [2.24, 2.45) is 11.7 Å². The minimum Gasteiger partial charge on any atom is -0.325 e. The zero-order chi connectivity index (χ0) is 11.7. The van der Waals surface area contributed by atoms with Crippen LogP contribution in [-0.4, -0.2) is 22.5 Å². The molecule has 2 fully saturated rings. The third-order valence-electron chi connectivity index (χ3n) is 3.69. The van der Waals surface area contributed by atoms with Crippen LogP contribution in [0.15, 0.2) is 18.2 Å². The van der Waals surface area contributed by atoms with Crippen molar-refractivity contribution < 1.29 is 0 Å². The maximum atomic E-state index is 5.64. The van der Waals surface area contributed by atoms with E-state index in [0.29, 0.717) is 6.54 Å². The van der Waals surface area contributed by atoms with Crippen LogP contribution in [0.25, 0.3) is 0 Å². The van der Waals surface area contributed by atoms with Gasteiger partial charge in [-0.1, -0.05) is 6.07 Å². The molecule has 3 rings (SSSR count). The zero-order valence-electron chi connectivity index (χ0n) is 10.3. The van der Waals surface area contributed by atoms with Gasteiger partial charge in [0.15, 0.2) is 0 Å². The van der Waals surface area contributed by atoms with Gasteiger partial charge in [-0.3, -0.25) is 9.88 Å². The van der Waals surface area contributed by atoms with Crippen molar-refractivity contribution in [3.63, 3.8) is 0 Å². The fraction of sp³-hybridized carbons (Fsp3) is 0.643. The molecular weight excluding hydrogens is 210 g/mol. The lowest BCUT2D eigenvalue weighted by molar-refractivity contribution is 0.241. The summed E-state index contributed by atoms with van der Waals surface area (Å²) >= 11 is 0. The number of hydrogen-bond donors (Lipinski definition) is 1. The second-order valence-electron chi connectivity index (χ2n) is 5.43. The van der Waals surface area contributed by atoms with Gasteiger partial charge in [-0.25, -0.2) is 0 Å². The maximum absolute atomic E-state index is 5.64. The molecule has 2 saturated carbocycles. The molecule has 2 aliphatic carbocycles. The van der Waals surface area contributed by atoms with E-state index in [1.54, 1.807) is 0 Å². The molecule has 1 aromatic rings. The summed E-state index contributed by atoms with van der Waals surface area (Å²) in [6.45, 7) is 2.83. The molecule has 0 bridgehead atoms.